The fraction of sp³-hybridized carbons (Fsp3) is 0.190. The molecule has 2 atom stereocenters. The number of aliphatic carboxylic acids is 1. The molecule has 0 bridgehead atoms. The van der Waals surface area contributed by atoms with Crippen molar-refractivity contribution in [2.75, 3.05) is 0 Å². The van der Waals surface area contributed by atoms with Crippen molar-refractivity contribution in [3.05, 3.63) is 49.1 Å². The number of carbonyl (C=O) groups is 1. The molecule has 5 aromatic heterocycles. The first-order valence-electron chi connectivity index (χ1n) is 9.66. The third kappa shape index (κ3) is 3.03. The van der Waals surface area contributed by atoms with Gasteiger partial charge in [0, 0.05) is 58.3 Å². The summed E-state index contributed by atoms with van der Waals surface area (Å²) in [6, 6.07) is 1.01. The monoisotopic (exact) mass is 419 g/mol. The maximum Gasteiger partial charge on any atom is 0.308 e. The van der Waals surface area contributed by atoms with E-state index in [1.807, 2.05) is 17.7 Å². The standard InChI is InChI=1S/C21H18FN7O2/c1-10(21(30)31)11(2)29-9-17(12-4-26-27-5-12)16-8-25-19(28-20(16)29)15-7-24-18-14(15)3-13(22)6-23-18/h3-11H,1-2H3,(H,23,24)(H,26,27)(H,30,31)/t10-,11-/m1/s1. The Balaban J connectivity index is 1.74. The van der Waals surface area contributed by atoms with Crippen molar-refractivity contribution in [2.45, 2.75) is 19.9 Å². The molecule has 5 heterocycles. The van der Waals surface area contributed by atoms with E-state index in [0.717, 1.165) is 22.7 Å². The number of carboxylic acid groups (broad SMARTS) is 1. The smallest absolute Gasteiger partial charge is 0.308 e. The zero-order valence-electron chi connectivity index (χ0n) is 16.7. The van der Waals surface area contributed by atoms with Crippen molar-refractivity contribution in [3.63, 3.8) is 0 Å². The highest BCUT2D eigenvalue weighted by Crippen LogP contribution is 2.34. The highest BCUT2D eigenvalue weighted by Gasteiger charge is 2.25. The molecule has 0 unspecified atom stereocenters. The fourth-order valence-corrected chi connectivity index (χ4v) is 3.71. The molecule has 0 spiro atoms. The maximum atomic E-state index is 13.8. The predicted molar refractivity (Wildman–Crippen MR) is 112 cm³/mol. The zero-order valence-corrected chi connectivity index (χ0v) is 16.7. The van der Waals surface area contributed by atoms with Crippen molar-refractivity contribution in [3.8, 4) is 22.5 Å². The topological polar surface area (TPSA) is 125 Å². The minimum atomic E-state index is -0.897. The third-order valence-corrected chi connectivity index (χ3v) is 5.67. The second-order valence-corrected chi connectivity index (χ2v) is 7.49. The average Bonchev–Trinajstić information content (AvgIpc) is 3.49. The predicted octanol–water partition coefficient (Wildman–Crippen LogP) is 3.79. The van der Waals surface area contributed by atoms with Gasteiger partial charge >= 0.3 is 5.97 Å². The molecule has 0 saturated heterocycles. The minimum absolute atomic E-state index is 0.370. The number of nitrogens with zero attached hydrogens (tertiary/aromatic N) is 5. The van der Waals surface area contributed by atoms with Crippen LogP contribution in [0.1, 0.15) is 19.9 Å². The van der Waals surface area contributed by atoms with E-state index in [2.05, 4.69) is 25.1 Å². The van der Waals surface area contributed by atoms with E-state index in [-0.39, 0.29) is 6.04 Å². The van der Waals surface area contributed by atoms with Crippen molar-refractivity contribution in [1.29, 1.82) is 0 Å². The number of aromatic nitrogens is 7. The van der Waals surface area contributed by atoms with Crippen LogP contribution in [-0.2, 0) is 4.79 Å². The van der Waals surface area contributed by atoms with Crippen LogP contribution in [0.4, 0.5) is 4.39 Å². The second kappa shape index (κ2) is 7.01. The van der Waals surface area contributed by atoms with Crippen LogP contribution < -0.4 is 0 Å². The Hall–Kier alpha value is -4.08. The summed E-state index contributed by atoms with van der Waals surface area (Å²) in [5, 5.41) is 17.6. The summed E-state index contributed by atoms with van der Waals surface area (Å²) in [7, 11) is 0. The zero-order chi connectivity index (χ0) is 21.7. The van der Waals surface area contributed by atoms with Crippen molar-refractivity contribution in [1.82, 2.24) is 34.7 Å². The van der Waals surface area contributed by atoms with E-state index >= 15 is 0 Å². The molecule has 0 amide bonds. The largest absolute Gasteiger partial charge is 0.481 e. The minimum Gasteiger partial charge on any atom is -0.481 e. The molecule has 0 fully saturated rings. The van der Waals surface area contributed by atoms with Crippen LogP contribution in [0.3, 0.4) is 0 Å². The van der Waals surface area contributed by atoms with Gasteiger partial charge in [-0.05, 0) is 19.9 Å². The van der Waals surface area contributed by atoms with Gasteiger partial charge in [0.15, 0.2) is 5.82 Å². The molecular formula is C21H18FN7O2. The van der Waals surface area contributed by atoms with Crippen molar-refractivity contribution >= 4 is 28.0 Å². The Labute approximate surface area is 175 Å². The molecule has 0 aliphatic rings. The summed E-state index contributed by atoms with van der Waals surface area (Å²) in [6.45, 7) is 3.50. The van der Waals surface area contributed by atoms with E-state index in [0.29, 0.717) is 28.1 Å². The van der Waals surface area contributed by atoms with Crippen LogP contribution in [0.25, 0.3) is 44.6 Å². The third-order valence-electron chi connectivity index (χ3n) is 5.67. The van der Waals surface area contributed by atoms with Gasteiger partial charge in [0.05, 0.1) is 18.3 Å². The molecule has 0 saturated carbocycles. The van der Waals surface area contributed by atoms with E-state index in [9.17, 15) is 14.3 Å². The van der Waals surface area contributed by atoms with Crippen LogP contribution in [0, 0.1) is 11.7 Å². The quantitative estimate of drug-likeness (QED) is 0.398. The lowest BCUT2D eigenvalue weighted by Crippen LogP contribution is -2.21. The van der Waals surface area contributed by atoms with Crippen LogP contribution in [0.5, 0.6) is 0 Å². The number of carboxylic acids is 1. The lowest BCUT2D eigenvalue weighted by Gasteiger charge is -2.18. The van der Waals surface area contributed by atoms with Crippen LogP contribution in [0.15, 0.2) is 43.2 Å². The number of nitrogens with one attached hydrogen (secondary N) is 2. The number of halogens is 1. The SMILES string of the molecule is C[C@H]([C@@H](C)C(=O)O)n1cc(-c2cn[nH]c2)c2cnc(-c3c[nH]c4ncc(F)cc34)nc21. The first kappa shape index (κ1) is 18.9. The average molecular weight is 419 g/mol. The molecule has 31 heavy (non-hydrogen) atoms. The summed E-state index contributed by atoms with van der Waals surface area (Å²) in [5.41, 5.74) is 3.41. The molecule has 9 nitrogen and oxygen atoms in total. The highest BCUT2D eigenvalue weighted by atomic mass is 19.1. The van der Waals surface area contributed by atoms with Gasteiger partial charge in [-0.3, -0.25) is 9.89 Å². The molecule has 0 aromatic carbocycles. The Morgan fingerprint density at radius 2 is 1.97 bits per heavy atom. The van der Waals surface area contributed by atoms with Crippen LogP contribution >= 0.6 is 0 Å². The highest BCUT2D eigenvalue weighted by molar-refractivity contribution is 5.96. The van der Waals surface area contributed by atoms with E-state index < -0.39 is 17.7 Å². The number of rotatable bonds is 5. The van der Waals surface area contributed by atoms with Gasteiger partial charge in [-0.2, -0.15) is 5.10 Å². The van der Waals surface area contributed by atoms with Gasteiger partial charge in [0.2, 0.25) is 0 Å². The first-order chi connectivity index (χ1) is 14.9. The molecular weight excluding hydrogens is 401 g/mol. The summed E-state index contributed by atoms with van der Waals surface area (Å²) in [6.07, 6.45) is 9.84. The first-order valence-corrected chi connectivity index (χ1v) is 9.66. The second-order valence-electron chi connectivity index (χ2n) is 7.49. The maximum absolute atomic E-state index is 13.8. The molecule has 5 aromatic rings. The van der Waals surface area contributed by atoms with Crippen molar-refractivity contribution in [2.24, 2.45) is 5.92 Å². The Morgan fingerprint density at radius 3 is 2.71 bits per heavy atom. The van der Waals surface area contributed by atoms with Crippen molar-refractivity contribution < 1.29 is 14.3 Å². The summed E-state index contributed by atoms with van der Waals surface area (Å²) < 4.78 is 15.6. The van der Waals surface area contributed by atoms with E-state index in [1.54, 1.807) is 31.7 Å². The van der Waals surface area contributed by atoms with Crippen LogP contribution in [-0.4, -0.2) is 45.8 Å². The van der Waals surface area contributed by atoms with Crippen LogP contribution in [0.2, 0.25) is 0 Å². The summed E-state index contributed by atoms with van der Waals surface area (Å²) in [4.78, 5) is 27.9. The van der Waals surface area contributed by atoms with Gasteiger partial charge in [-0.1, -0.05) is 0 Å². The molecule has 156 valence electrons. The number of H-pyrrole nitrogens is 2. The number of hydrogen-bond donors (Lipinski definition) is 3. The van der Waals surface area contributed by atoms with E-state index in [4.69, 9.17) is 4.98 Å². The molecule has 0 aliphatic heterocycles. The lowest BCUT2D eigenvalue weighted by molar-refractivity contribution is -0.142. The number of hydrogen-bond acceptors (Lipinski definition) is 5. The van der Waals surface area contributed by atoms with Gasteiger partial charge in [-0.15, -0.1) is 0 Å². The van der Waals surface area contributed by atoms with E-state index in [1.165, 1.54) is 6.07 Å². The molecule has 10 heteroatoms. The molecule has 5 rings (SSSR count). The molecule has 3 N–H and O–H groups in total. The summed E-state index contributed by atoms with van der Waals surface area (Å²) >= 11 is 0. The molecule has 0 radical (unpaired) electrons. The Bertz CT molecular complexity index is 1420. The number of fused-ring (bicyclic) bond motifs is 2. The lowest BCUT2D eigenvalue weighted by atomic mass is 10.0. The van der Waals surface area contributed by atoms with Gasteiger partial charge in [0.1, 0.15) is 17.1 Å². The van der Waals surface area contributed by atoms with Gasteiger partial charge < -0.3 is 14.7 Å². The van der Waals surface area contributed by atoms with Gasteiger partial charge in [-0.25, -0.2) is 19.3 Å². The fourth-order valence-electron chi connectivity index (χ4n) is 3.71. The van der Waals surface area contributed by atoms with Gasteiger partial charge in [0.25, 0.3) is 0 Å². The Morgan fingerprint density at radius 1 is 1.13 bits per heavy atom. The number of aromatic amines is 2. The summed E-state index contributed by atoms with van der Waals surface area (Å²) in [5.74, 6) is -1.60. The number of pyridine rings is 1. The Kier molecular flexibility index (Phi) is 4.28. The molecule has 0 aliphatic carbocycles. The normalized spacial score (nSPS) is 13.6.